The van der Waals surface area contributed by atoms with Gasteiger partial charge in [0.25, 0.3) is 0 Å². The summed E-state index contributed by atoms with van der Waals surface area (Å²) in [6, 6.07) is 11.5. The van der Waals surface area contributed by atoms with Crippen LogP contribution in [0.4, 0.5) is 13.2 Å². The molecule has 0 aliphatic heterocycles. The van der Waals surface area contributed by atoms with E-state index in [1.807, 2.05) is 20.8 Å². The molecule has 5 nitrogen and oxygen atoms in total. The highest BCUT2D eigenvalue weighted by Crippen LogP contribution is 2.40. The first-order valence-corrected chi connectivity index (χ1v) is 9.29. The molecule has 0 spiro atoms. The van der Waals surface area contributed by atoms with Crippen LogP contribution in [0.2, 0.25) is 0 Å². The number of carbonyl (C=O) groups excluding carboxylic acids is 2. The van der Waals surface area contributed by atoms with Crippen molar-refractivity contribution in [2.45, 2.75) is 37.8 Å². The smallest absolute Gasteiger partial charge is 0.416 e. The van der Waals surface area contributed by atoms with Crippen LogP contribution in [0, 0.1) is 11.3 Å². The summed E-state index contributed by atoms with van der Waals surface area (Å²) in [5.41, 5.74) is -4.41. The average Bonchev–Trinajstić information content (AvgIpc) is 2.72. The fraction of sp³-hybridized carbons (Fsp3) is 0.348. The van der Waals surface area contributed by atoms with Crippen LogP contribution in [0.15, 0.2) is 48.5 Å². The molecule has 0 N–H and O–H groups in total. The number of nitriles is 1. The van der Waals surface area contributed by atoms with Gasteiger partial charge in [-0.3, -0.25) is 4.79 Å². The number of ether oxygens (including phenoxy) is 2. The van der Waals surface area contributed by atoms with Crippen molar-refractivity contribution >= 4 is 11.8 Å². The number of methoxy groups -OCH3 is 1. The predicted molar refractivity (Wildman–Crippen MR) is 106 cm³/mol. The summed E-state index contributed by atoms with van der Waals surface area (Å²) in [6.07, 6.45) is -4.91. The molecule has 2 rings (SSSR count). The molecule has 0 saturated carbocycles. The molecule has 0 amide bonds. The van der Waals surface area contributed by atoms with E-state index in [-0.39, 0.29) is 11.0 Å². The van der Waals surface area contributed by atoms with Gasteiger partial charge in [0.05, 0.1) is 11.6 Å². The molecule has 0 radical (unpaired) electrons. The van der Waals surface area contributed by atoms with E-state index in [0.29, 0.717) is 6.07 Å². The number of esters is 1. The first-order chi connectivity index (χ1) is 14.4. The van der Waals surface area contributed by atoms with Gasteiger partial charge >= 0.3 is 12.1 Å². The molecule has 0 aliphatic rings. The molecule has 164 valence electrons. The zero-order chi connectivity index (χ0) is 23.4. The Labute approximate surface area is 178 Å². The maximum atomic E-state index is 13.7. The van der Waals surface area contributed by atoms with E-state index in [1.54, 1.807) is 12.1 Å². The predicted octanol–water partition coefficient (Wildman–Crippen LogP) is 4.79. The molecule has 2 aromatic carbocycles. The lowest BCUT2D eigenvalue weighted by molar-refractivity contribution is -0.157. The minimum absolute atomic E-state index is 0.0964. The maximum absolute atomic E-state index is 13.7. The third-order valence-electron chi connectivity index (χ3n) is 4.77. The van der Waals surface area contributed by atoms with Gasteiger partial charge in [0, 0.05) is 18.2 Å². The Kier molecular flexibility index (Phi) is 6.92. The van der Waals surface area contributed by atoms with Gasteiger partial charge in [-0.05, 0) is 17.0 Å². The summed E-state index contributed by atoms with van der Waals surface area (Å²) in [6.45, 7) is 5.22. The third kappa shape index (κ3) is 4.78. The molecule has 0 bridgehead atoms. The summed E-state index contributed by atoms with van der Waals surface area (Å²) in [5.74, 6) is -2.56. The number of benzene rings is 2. The molecule has 0 fully saturated rings. The van der Waals surface area contributed by atoms with Gasteiger partial charge in [-0.25, -0.2) is 4.79 Å². The van der Waals surface area contributed by atoms with E-state index in [1.165, 1.54) is 31.4 Å². The topological polar surface area (TPSA) is 76.4 Å². The summed E-state index contributed by atoms with van der Waals surface area (Å²) in [4.78, 5) is 26.3. The number of Topliss-reactive ketones (excluding diaryl/α,β-unsaturated/α-hetero) is 1. The number of hydrogen-bond acceptors (Lipinski definition) is 5. The monoisotopic (exact) mass is 433 g/mol. The van der Waals surface area contributed by atoms with Crippen LogP contribution in [0.3, 0.4) is 0 Å². The van der Waals surface area contributed by atoms with Crippen LogP contribution in [0.25, 0.3) is 0 Å². The van der Waals surface area contributed by atoms with Crippen molar-refractivity contribution in [1.82, 2.24) is 0 Å². The van der Waals surface area contributed by atoms with Gasteiger partial charge in [-0.2, -0.15) is 18.4 Å². The largest absolute Gasteiger partial charge is 0.437 e. The van der Waals surface area contributed by atoms with Gasteiger partial charge in [0.15, 0.2) is 12.6 Å². The van der Waals surface area contributed by atoms with Crippen LogP contribution in [0.5, 0.6) is 0 Å². The lowest BCUT2D eigenvalue weighted by Crippen LogP contribution is -2.45. The molecular formula is C23H22F3NO4. The van der Waals surface area contributed by atoms with Crippen molar-refractivity contribution in [3.63, 3.8) is 0 Å². The van der Waals surface area contributed by atoms with Crippen LogP contribution in [-0.4, -0.2) is 25.7 Å². The molecule has 0 saturated heterocycles. The van der Waals surface area contributed by atoms with E-state index in [9.17, 15) is 28.0 Å². The highest BCUT2D eigenvalue weighted by atomic mass is 19.4. The van der Waals surface area contributed by atoms with Crippen LogP contribution in [-0.2, 0) is 31.3 Å². The van der Waals surface area contributed by atoms with E-state index in [2.05, 4.69) is 4.74 Å². The number of halogens is 3. The normalized spacial score (nSPS) is 13.7. The average molecular weight is 433 g/mol. The van der Waals surface area contributed by atoms with Crippen LogP contribution in [0.1, 0.15) is 47.8 Å². The van der Waals surface area contributed by atoms with Crippen molar-refractivity contribution in [2.75, 3.05) is 13.9 Å². The number of nitrogens with zero attached hydrogens (tertiary/aromatic N) is 1. The molecule has 1 unspecified atom stereocenters. The van der Waals surface area contributed by atoms with Gasteiger partial charge in [0.2, 0.25) is 5.41 Å². The number of ketones is 1. The van der Waals surface area contributed by atoms with Gasteiger partial charge in [-0.1, -0.05) is 63.2 Å². The third-order valence-corrected chi connectivity index (χ3v) is 4.77. The zero-order valence-corrected chi connectivity index (χ0v) is 17.5. The summed E-state index contributed by atoms with van der Waals surface area (Å²) < 4.78 is 50.5. The van der Waals surface area contributed by atoms with Gasteiger partial charge in [-0.15, -0.1) is 0 Å². The van der Waals surface area contributed by atoms with Gasteiger partial charge < -0.3 is 9.47 Å². The van der Waals surface area contributed by atoms with E-state index >= 15 is 0 Å². The second-order valence-electron chi connectivity index (χ2n) is 7.90. The van der Waals surface area contributed by atoms with Crippen molar-refractivity contribution in [1.29, 1.82) is 5.26 Å². The second-order valence-corrected chi connectivity index (χ2v) is 7.90. The van der Waals surface area contributed by atoms with Crippen LogP contribution >= 0.6 is 0 Å². The maximum Gasteiger partial charge on any atom is 0.416 e. The van der Waals surface area contributed by atoms with E-state index in [4.69, 9.17) is 4.74 Å². The zero-order valence-electron chi connectivity index (χ0n) is 17.5. The lowest BCUT2D eigenvalue weighted by atomic mass is 9.73. The quantitative estimate of drug-likeness (QED) is 0.283. The summed E-state index contributed by atoms with van der Waals surface area (Å²) in [7, 11) is 1.19. The lowest BCUT2D eigenvalue weighted by Gasteiger charge is -2.27. The number of carbonyl (C=O) groups is 2. The van der Waals surface area contributed by atoms with Gasteiger partial charge in [0.1, 0.15) is 0 Å². The molecule has 31 heavy (non-hydrogen) atoms. The van der Waals surface area contributed by atoms with E-state index in [0.717, 1.165) is 17.7 Å². The SMILES string of the molecule is COCOC(=O)C(C#N)(C(=O)c1ccc(C(C)(C)C)cc1)c1ccccc1C(F)(F)F. The fourth-order valence-electron chi connectivity index (χ4n) is 3.10. The van der Waals surface area contributed by atoms with Crippen molar-refractivity contribution in [3.8, 4) is 6.07 Å². The van der Waals surface area contributed by atoms with Crippen LogP contribution < -0.4 is 0 Å². The molecule has 0 heterocycles. The molecule has 0 aliphatic carbocycles. The van der Waals surface area contributed by atoms with E-state index < -0.39 is 41.3 Å². The minimum atomic E-state index is -4.91. The molecule has 8 heteroatoms. The molecular weight excluding hydrogens is 411 g/mol. The standard InChI is InChI=1S/C23H22F3NO4/c1-21(2,3)16-11-9-15(10-12-16)19(28)22(13-27,20(29)31-14-30-4)17-7-5-6-8-18(17)23(24,25)26/h5-12H,14H2,1-4H3. The number of alkyl halides is 3. The Morgan fingerprint density at radius 3 is 1.97 bits per heavy atom. The fourth-order valence-corrected chi connectivity index (χ4v) is 3.10. The summed E-state index contributed by atoms with van der Waals surface area (Å²) >= 11 is 0. The number of hydrogen-bond donors (Lipinski definition) is 0. The molecule has 0 aromatic heterocycles. The Morgan fingerprint density at radius 1 is 0.968 bits per heavy atom. The Hall–Kier alpha value is -3.18. The molecule has 2 aromatic rings. The highest BCUT2D eigenvalue weighted by Gasteiger charge is 2.54. The first-order valence-electron chi connectivity index (χ1n) is 9.29. The van der Waals surface area contributed by atoms with Crippen molar-refractivity contribution in [2.24, 2.45) is 0 Å². The minimum Gasteiger partial charge on any atom is -0.437 e. The van der Waals surface area contributed by atoms with Crippen molar-refractivity contribution < 1.29 is 32.2 Å². The number of rotatable bonds is 6. The first kappa shape index (κ1) is 24.1. The van der Waals surface area contributed by atoms with Crippen molar-refractivity contribution in [3.05, 3.63) is 70.8 Å². The Balaban J connectivity index is 2.74. The Bertz CT molecular complexity index is 1000. The molecule has 1 atom stereocenters. The highest BCUT2D eigenvalue weighted by molar-refractivity contribution is 6.20. The Morgan fingerprint density at radius 2 is 1.52 bits per heavy atom. The summed E-state index contributed by atoms with van der Waals surface area (Å²) in [5, 5.41) is 9.93. The second kappa shape index (κ2) is 8.90.